The van der Waals surface area contributed by atoms with Gasteiger partial charge in [0, 0.05) is 11.1 Å². The normalized spacial score (nSPS) is 12.0. The number of ether oxygens (including phenoxy) is 1. The molecule has 35 heavy (non-hydrogen) atoms. The lowest BCUT2D eigenvalue weighted by molar-refractivity contribution is 0.0930. The average Bonchev–Trinajstić information content (AvgIpc) is 2.78. The van der Waals surface area contributed by atoms with Crippen molar-refractivity contribution in [1.29, 1.82) is 0 Å². The molecule has 0 fully saturated rings. The van der Waals surface area contributed by atoms with Gasteiger partial charge in [-0.15, -0.1) is 0 Å². The maximum absolute atomic E-state index is 14.2. The number of rotatable bonds is 10. The van der Waals surface area contributed by atoms with Crippen LogP contribution in [0.1, 0.15) is 77.8 Å². The number of benzene rings is 3. The molecule has 1 atom stereocenters. The molecule has 0 saturated carbocycles. The van der Waals surface area contributed by atoms with E-state index in [4.69, 9.17) is 16.3 Å². The topological polar surface area (TPSA) is 38.3 Å². The zero-order valence-electron chi connectivity index (χ0n) is 21.3. The predicted molar refractivity (Wildman–Crippen MR) is 142 cm³/mol. The van der Waals surface area contributed by atoms with Crippen LogP contribution in [0.15, 0.2) is 54.6 Å². The SMILES string of the molecule is CCCc1ccc(OCc2c(F)cccc2Cl)cc1C(=O)N[C@H](CC(C)C)c1cc(C)cc(C)c1. The first-order chi connectivity index (χ1) is 16.7. The van der Waals surface area contributed by atoms with Crippen molar-refractivity contribution in [2.45, 2.75) is 66.5 Å². The average molecular weight is 496 g/mol. The van der Waals surface area contributed by atoms with Crippen LogP contribution in [-0.4, -0.2) is 5.91 Å². The van der Waals surface area contributed by atoms with Crippen LogP contribution >= 0.6 is 11.6 Å². The molecule has 0 aliphatic heterocycles. The Balaban J connectivity index is 1.87. The first-order valence-electron chi connectivity index (χ1n) is 12.3. The molecular weight excluding hydrogens is 461 g/mol. The quantitative estimate of drug-likeness (QED) is 0.308. The van der Waals surface area contributed by atoms with Gasteiger partial charge in [-0.3, -0.25) is 4.79 Å². The molecule has 0 aromatic heterocycles. The summed E-state index contributed by atoms with van der Waals surface area (Å²) in [5.74, 6) is 0.369. The monoisotopic (exact) mass is 495 g/mol. The van der Waals surface area contributed by atoms with Gasteiger partial charge in [-0.05, 0) is 68.0 Å². The van der Waals surface area contributed by atoms with E-state index in [0.29, 0.717) is 27.8 Å². The molecule has 3 rings (SSSR count). The minimum atomic E-state index is -0.414. The molecular formula is C30H35ClFNO2. The van der Waals surface area contributed by atoms with E-state index in [1.807, 2.05) is 12.1 Å². The van der Waals surface area contributed by atoms with Gasteiger partial charge >= 0.3 is 0 Å². The molecule has 1 amide bonds. The molecule has 3 aromatic carbocycles. The van der Waals surface area contributed by atoms with Crippen LogP contribution in [0.3, 0.4) is 0 Å². The standard InChI is InChI=1S/C30H35ClFNO2/c1-6-8-22-11-12-24(35-18-26-27(31)9-7-10-28(26)32)17-25(22)30(34)33-29(13-19(2)3)23-15-20(4)14-21(5)16-23/h7,9-12,14-17,19,29H,6,8,13,18H2,1-5H3,(H,33,34)/t29-/m1/s1. The summed E-state index contributed by atoms with van der Waals surface area (Å²) < 4.78 is 20.0. The number of carbonyl (C=O) groups is 1. The van der Waals surface area contributed by atoms with Gasteiger partial charge in [0.2, 0.25) is 0 Å². The van der Waals surface area contributed by atoms with Gasteiger partial charge in [0.05, 0.1) is 11.1 Å². The van der Waals surface area contributed by atoms with E-state index in [1.54, 1.807) is 18.2 Å². The highest BCUT2D eigenvalue weighted by molar-refractivity contribution is 6.31. The fraction of sp³-hybridized carbons (Fsp3) is 0.367. The molecule has 5 heteroatoms. The van der Waals surface area contributed by atoms with E-state index in [2.05, 4.69) is 58.1 Å². The van der Waals surface area contributed by atoms with Crippen molar-refractivity contribution in [2.24, 2.45) is 5.92 Å². The minimum Gasteiger partial charge on any atom is -0.489 e. The lowest BCUT2D eigenvalue weighted by Crippen LogP contribution is -2.30. The summed E-state index contributed by atoms with van der Waals surface area (Å²) in [7, 11) is 0. The summed E-state index contributed by atoms with van der Waals surface area (Å²) >= 11 is 6.14. The molecule has 0 radical (unpaired) electrons. The summed E-state index contributed by atoms with van der Waals surface area (Å²) in [6.45, 7) is 10.5. The smallest absolute Gasteiger partial charge is 0.252 e. The molecule has 0 aliphatic rings. The number of amides is 1. The Kier molecular flexibility index (Phi) is 9.33. The molecule has 0 aliphatic carbocycles. The summed E-state index contributed by atoms with van der Waals surface area (Å²) in [4.78, 5) is 13.6. The fourth-order valence-electron chi connectivity index (χ4n) is 4.37. The summed E-state index contributed by atoms with van der Waals surface area (Å²) in [6, 6.07) is 16.4. The zero-order chi connectivity index (χ0) is 25.5. The Labute approximate surface area is 213 Å². The number of halogens is 2. The van der Waals surface area contributed by atoms with Crippen molar-refractivity contribution >= 4 is 17.5 Å². The fourth-order valence-corrected chi connectivity index (χ4v) is 4.58. The van der Waals surface area contributed by atoms with E-state index < -0.39 is 5.82 Å². The van der Waals surface area contributed by atoms with Gasteiger partial charge in [-0.25, -0.2) is 4.39 Å². The zero-order valence-corrected chi connectivity index (χ0v) is 22.0. The lowest BCUT2D eigenvalue weighted by Gasteiger charge is -2.23. The summed E-state index contributed by atoms with van der Waals surface area (Å²) in [5.41, 5.74) is 5.31. The number of hydrogen-bond acceptors (Lipinski definition) is 2. The van der Waals surface area contributed by atoms with Crippen molar-refractivity contribution in [3.05, 3.63) is 98.8 Å². The van der Waals surface area contributed by atoms with Crippen LogP contribution in [0.4, 0.5) is 4.39 Å². The molecule has 0 saturated heterocycles. The Bertz CT molecular complexity index is 1130. The highest BCUT2D eigenvalue weighted by atomic mass is 35.5. The first kappa shape index (κ1) is 26.7. The highest BCUT2D eigenvalue weighted by Crippen LogP contribution is 2.27. The van der Waals surface area contributed by atoms with Crippen LogP contribution < -0.4 is 10.1 Å². The lowest BCUT2D eigenvalue weighted by atomic mass is 9.93. The van der Waals surface area contributed by atoms with Gasteiger partial charge < -0.3 is 10.1 Å². The third-order valence-corrected chi connectivity index (χ3v) is 6.30. The molecule has 3 aromatic rings. The molecule has 0 spiro atoms. The molecule has 186 valence electrons. The van der Waals surface area contributed by atoms with E-state index in [1.165, 1.54) is 17.2 Å². The van der Waals surface area contributed by atoms with Gasteiger partial charge in [-0.1, -0.05) is 80.3 Å². The molecule has 0 heterocycles. The maximum Gasteiger partial charge on any atom is 0.252 e. The van der Waals surface area contributed by atoms with Gasteiger partial charge in [0.1, 0.15) is 18.2 Å². The molecule has 0 unspecified atom stereocenters. The Morgan fingerprint density at radius 3 is 2.40 bits per heavy atom. The van der Waals surface area contributed by atoms with Crippen molar-refractivity contribution in [3.8, 4) is 5.75 Å². The minimum absolute atomic E-state index is 0.0156. The Morgan fingerprint density at radius 1 is 1.06 bits per heavy atom. The number of aryl methyl sites for hydroxylation is 3. The van der Waals surface area contributed by atoms with E-state index in [-0.39, 0.29) is 18.6 Å². The first-order valence-corrected chi connectivity index (χ1v) is 12.6. The Hall–Kier alpha value is -2.85. The van der Waals surface area contributed by atoms with Gasteiger partial charge in [0.25, 0.3) is 5.91 Å². The van der Waals surface area contributed by atoms with Gasteiger partial charge in [-0.2, -0.15) is 0 Å². The van der Waals surface area contributed by atoms with Crippen LogP contribution in [-0.2, 0) is 13.0 Å². The van der Waals surface area contributed by atoms with Crippen molar-refractivity contribution in [1.82, 2.24) is 5.32 Å². The molecule has 1 N–H and O–H groups in total. The number of nitrogens with one attached hydrogen (secondary N) is 1. The van der Waals surface area contributed by atoms with Crippen LogP contribution in [0.2, 0.25) is 5.02 Å². The van der Waals surface area contributed by atoms with E-state index in [0.717, 1.165) is 30.4 Å². The number of hydrogen-bond donors (Lipinski definition) is 1. The molecule has 3 nitrogen and oxygen atoms in total. The third-order valence-electron chi connectivity index (χ3n) is 5.95. The second kappa shape index (κ2) is 12.2. The highest BCUT2D eigenvalue weighted by Gasteiger charge is 2.20. The Morgan fingerprint density at radius 2 is 1.77 bits per heavy atom. The largest absolute Gasteiger partial charge is 0.489 e. The van der Waals surface area contributed by atoms with Crippen molar-refractivity contribution < 1.29 is 13.9 Å². The predicted octanol–water partition coefficient (Wildman–Crippen LogP) is 8.14. The van der Waals surface area contributed by atoms with E-state index in [9.17, 15) is 9.18 Å². The maximum atomic E-state index is 14.2. The summed E-state index contributed by atoms with van der Waals surface area (Å²) in [5, 5.41) is 3.59. The van der Waals surface area contributed by atoms with Crippen molar-refractivity contribution in [2.75, 3.05) is 0 Å². The second-order valence-corrected chi connectivity index (χ2v) is 10.0. The van der Waals surface area contributed by atoms with Crippen molar-refractivity contribution in [3.63, 3.8) is 0 Å². The molecule has 0 bridgehead atoms. The van der Waals surface area contributed by atoms with E-state index >= 15 is 0 Å². The van der Waals surface area contributed by atoms with Crippen LogP contribution in [0.5, 0.6) is 5.75 Å². The third kappa shape index (κ3) is 7.32. The van der Waals surface area contributed by atoms with Crippen LogP contribution in [0, 0.1) is 25.6 Å². The number of carbonyl (C=O) groups excluding carboxylic acids is 1. The summed E-state index contributed by atoms with van der Waals surface area (Å²) in [6.07, 6.45) is 2.53. The van der Waals surface area contributed by atoms with Gasteiger partial charge in [0.15, 0.2) is 0 Å². The second-order valence-electron chi connectivity index (χ2n) is 9.63. The van der Waals surface area contributed by atoms with Crippen LogP contribution in [0.25, 0.3) is 0 Å².